The van der Waals surface area contributed by atoms with E-state index in [1.807, 2.05) is 12.1 Å². The molecule has 0 aliphatic rings. The molecule has 1 N–H and O–H groups in total. The Labute approximate surface area is 150 Å². The summed E-state index contributed by atoms with van der Waals surface area (Å²) >= 11 is 0. The van der Waals surface area contributed by atoms with E-state index in [1.165, 1.54) is 30.3 Å². The van der Waals surface area contributed by atoms with Crippen LogP contribution in [0.5, 0.6) is 0 Å². The minimum absolute atomic E-state index is 0.0566. The highest BCUT2D eigenvalue weighted by atomic mass is 19.1. The van der Waals surface area contributed by atoms with Crippen LogP contribution < -0.4 is 10.9 Å². The van der Waals surface area contributed by atoms with Crippen molar-refractivity contribution in [3.8, 4) is 0 Å². The summed E-state index contributed by atoms with van der Waals surface area (Å²) in [5, 5.41) is 3.56. The van der Waals surface area contributed by atoms with Crippen molar-refractivity contribution in [2.24, 2.45) is 0 Å². The number of amides is 1. The van der Waals surface area contributed by atoms with Crippen molar-refractivity contribution in [1.29, 1.82) is 0 Å². The maximum absolute atomic E-state index is 13.0. The average Bonchev–Trinajstić information content (AvgIpc) is 2.58. The van der Waals surface area contributed by atoms with E-state index in [-0.39, 0.29) is 17.9 Å². The smallest absolute Gasteiger partial charge is 0.336 e. The van der Waals surface area contributed by atoms with Gasteiger partial charge in [0.15, 0.2) is 0 Å². The molecule has 4 nitrogen and oxygen atoms in total. The maximum Gasteiger partial charge on any atom is 0.336 e. The molecule has 1 aromatic heterocycles. The molecular formula is C21H20FNO3. The quantitative estimate of drug-likeness (QED) is 0.719. The summed E-state index contributed by atoms with van der Waals surface area (Å²) in [5.74, 6) is -0.735. The molecule has 0 spiro atoms. The first-order valence-corrected chi connectivity index (χ1v) is 8.35. The Bertz CT molecular complexity index is 1010. The van der Waals surface area contributed by atoms with Crippen LogP contribution in [0, 0.1) is 5.82 Å². The Balaban J connectivity index is 1.92. The predicted molar refractivity (Wildman–Crippen MR) is 98.8 cm³/mol. The van der Waals surface area contributed by atoms with Gasteiger partial charge in [0.05, 0.1) is 0 Å². The SMILES string of the molecule is CC(C)(C)c1ccc2oc(=O)cc(CNC(=O)c3ccc(F)cc3)c2c1. The first kappa shape index (κ1) is 17.9. The summed E-state index contributed by atoms with van der Waals surface area (Å²) in [6.07, 6.45) is 0. The minimum atomic E-state index is -0.466. The van der Waals surface area contributed by atoms with E-state index in [1.54, 1.807) is 6.07 Å². The first-order chi connectivity index (χ1) is 12.2. The molecule has 3 aromatic rings. The van der Waals surface area contributed by atoms with Crippen molar-refractivity contribution in [2.75, 3.05) is 0 Å². The van der Waals surface area contributed by atoms with E-state index < -0.39 is 11.4 Å². The van der Waals surface area contributed by atoms with Crippen LogP contribution in [0.2, 0.25) is 0 Å². The number of fused-ring (bicyclic) bond motifs is 1. The van der Waals surface area contributed by atoms with Crippen LogP contribution in [0.3, 0.4) is 0 Å². The van der Waals surface area contributed by atoms with Gasteiger partial charge in [-0.15, -0.1) is 0 Å². The Morgan fingerprint density at radius 3 is 2.42 bits per heavy atom. The third kappa shape index (κ3) is 3.82. The number of carbonyl (C=O) groups excluding carboxylic acids is 1. The molecule has 0 fully saturated rings. The van der Waals surface area contributed by atoms with Crippen LogP contribution in [-0.2, 0) is 12.0 Å². The van der Waals surface area contributed by atoms with Crippen molar-refractivity contribution in [2.45, 2.75) is 32.7 Å². The van der Waals surface area contributed by atoms with Gasteiger partial charge in [-0.1, -0.05) is 26.8 Å². The monoisotopic (exact) mass is 353 g/mol. The summed E-state index contributed by atoms with van der Waals surface area (Å²) in [6, 6.07) is 12.4. The lowest BCUT2D eigenvalue weighted by Crippen LogP contribution is -2.23. The summed E-state index contributed by atoms with van der Waals surface area (Å²) in [5.41, 5.74) is 2.10. The van der Waals surface area contributed by atoms with Gasteiger partial charge in [-0.2, -0.15) is 0 Å². The third-order valence-electron chi connectivity index (χ3n) is 4.24. The highest BCUT2D eigenvalue weighted by Gasteiger charge is 2.16. The van der Waals surface area contributed by atoms with E-state index in [0.717, 1.165) is 10.9 Å². The second-order valence-corrected chi connectivity index (χ2v) is 7.24. The van der Waals surface area contributed by atoms with E-state index in [2.05, 4.69) is 26.1 Å². The number of rotatable bonds is 3. The molecule has 2 aromatic carbocycles. The normalized spacial score (nSPS) is 11.5. The number of nitrogens with one attached hydrogen (secondary N) is 1. The van der Waals surface area contributed by atoms with Crippen LogP contribution in [0.15, 0.2) is 57.7 Å². The van der Waals surface area contributed by atoms with E-state index >= 15 is 0 Å². The fraction of sp³-hybridized carbons (Fsp3) is 0.238. The second kappa shape index (κ2) is 6.75. The Kier molecular flexibility index (Phi) is 4.64. The Morgan fingerprint density at radius 2 is 1.77 bits per heavy atom. The molecule has 0 atom stereocenters. The predicted octanol–water partition coefficient (Wildman–Crippen LogP) is 4.16. The zero-order valence-electron chi connectivity index (χ0n) is 14.9. The van der Waals surface area contributed by atoms with Gasteiger partial charge in [0, 0.05) is 23.6 Å². The van der Waals surface area contributed by atoms with Crippen molar-refractivity contribution in [3.63, 3.8) is 0 Å². The average molecular weight is 353 g/mol. The van der Waals surface area contributed by atoms with E-state index in [9.17, 15) is 14.0 Å². The largest absolute Gasteiger partial charge is 0.423 e. The van der Waals surface area contributed by atoms with Gasteiger partial charge in [-0.25, -0.2) is 9.18 Å². The topological polar surface area (TPSA) is 59.3 Å². The molecule has 0 aliphatic carbocycles. The van der Waals surface area contributed by atoms with E-state index in [0.29, 0.717) is 16.7 Å². The lowest BCUT2D eigenvalue weighted by Gasteiger charge is -2.19. The summed E-state index contributed by atoms with van der Waals surface area (Å²) in [4.78, 5) is 24.1. The van der Waals surface area contributed by atoms with Gasteiger partial charge >= 0.3 is 5.63 Å². The maximum atomic E-state index is 13.0. The third-order valence-corrected chi connectivity index (χ3v) is 4.24. The molecule has 0 aliphatic heterocycles. The van der Waals surface area contributed by atoms with Gasteiger partial charge in [-0.3, -0.25) is 4.79 Å². The molecule has 0 saturated heterocycles. The summed E-state index contributed by atoms with van der Waals surface area (Å²) in [7, 11) is 0. The molecule has 1 heterocycles. The molecule has 26 heavy (non-hydrogen) atoms. The molecule has 0 bridgehead atoms. The number of benzene rings is 2. The minimum Gasteiger partial charge on any atom is -0.423 e. The standard InChI is InChI=1S/C21H20FNO3/c1-21(2,3)15-6-9-18-17(11-15)14(10-19(24)26-18)12-23-20(25)13-4-7-16(22)8-5-13/h4-11H,12H2,1-3H3,(H,23,25). The van der Waals surface area contributed by atoms with Crippen LogP contribution in [0.25, 0.3) is 11.0 Å². The van der Waals surface area contributed by atoms with Crippen LogP contribution in [0.1, 0.15) is 42.3 Å². The van der Waals surface area contributed by atoms with Crippen molar-refractivity contribution in [3.05, 3.63) is 81.5 Å². The number of halogens is 1. The van der Waals surface area contributed by atoms with Crippen molar-refractivity contribution < 1.29 is 13.6 Å². The molecule has 3 rings (SSSR count). The highest BCUT2D eigenvalue weighted by molar-refractivity contribution is 5.94. The molecule has 5 heteroatoms. The van der Waals surface area contributed by atoms with Crippen LogP contribution >= 0.6 is 0 Å². The second-order valence-electron chi connectivity index (χ2n) is 7.24. The molecule has 0 unspecified atom stereocenters. The number of hydrogen-bond donors (Lipinski definition) is 1. The molecular weight excluding hydrogens is 333 g/mol. The Hall–Kier alpha value is -2.95. The molecule has 0 radical (unpaired) electrons. The fourth-order valence-corrected chi connectivity index (χ4v) is 2.72. The molecule has 1 amide bonds. The van der Waals surface area contributed by atoms with Crippen LogP contribution in [0.4, 0.5) is 4.39 Å². The Morgan fingerprint density at radius 1 is 1.08 bits per heavy atom. The van der Waals surface area contributed by atoms with Gasteiger partial charge in [0.1, 0.15) is 11.4 Å². The van der Waals surface area contributed by atoms with Gasteiger partial charge in [-0.05, 0) is 52.9 Å². The van der Waals surface area contributed by atoms with Gasteiger partial charge < -0.3 is 9.73 Å². The highest BCUT2D eigenvalue weighted by Crippen LogP contribution is 2.27. The molecule has 134 valence electrons. The number of carbonyl (C=O) groups is 1. The molecule has 0 saturated carbocycles. The fourth-order valence-electron chi connectivity index (χ4n) is 2.72. The zero-order chi connectivity index (χ0) is 18.9. The summed E-state index contributed by atoms with van der Waals surface area (Å²) < 4.78 is 18.2. The van der Waals surface area contributed by atoms with Crippen molar-refractivity contribution in [1.82, 2.24) is 5.32 Å². The van der Waals surface area contributed by atoms with Gasteiger partial charge in [0.2, 0.25) is 0 Å². The zero-order valence-corrected chi connectivity index (χ0v) is 14.9. The lowest BCUT2D eigenvalue weighted by atomic mass is 9.86. The van der Waals surface area contributed by atoms with Gasteiger partial charge in [0.25, 0.3) is 5.91 Å². The lowest BCUT2D eigenvalue weighted by molar-refractivity contribution is 0.0951. The van der Waals surface area contributed by atoms with Crippen LogP contribution in [-0.4, -0.2) is 5.91 Å². The first-order valence-electron chi connectivity index (χ1n) is 8.35. The van der Waals surface area contributed by atoms with E-state index in [4.69, 9.17) is 4.42 Å². The number of hydrogen-bond acceptors (Lipinski definition) is 3. The van der Waals surface area contributed by atoms with Crippen molar-refractivity contribution >= 4 is 16.9 Å². The summed E-state index contributed by atoms with van der Waals surface area (Å²) in [6.45, 7) is 6.47.